The third kappa shape index (κ3) is 4.03. The molecular formula is C20H20N2O4S. The van der Waals surface area contributed by atoms with Crippen molar-refractivity contribution in [3.05, 3.63) is 47.5 Å². The van der Waals surface area contributed by atoms with E-state index in [9.17, 15) is 4.79 Å². The van der Waals surface area contributed by atoms with Crippen molar-refractivity contribution in [2.24, 2.45) is 0 Å². The second kappa shape index (κ2) is 8.09. The summed E-state index contributed by atoms with van der Waals surface area (Å²) in [5.74, 6) is 2.40. The largest absolute Gasteiger partial charge is 0.493 e. The van der Waals surface area contributed by atoms with Gasteiger partial charge >= 0.3 is 0 Å². The molecule has 1 aromatic carbocycles. The molecule has 0 amide bonds. The van der Waals surface area contributed by atoms with E-state index in [-0.39, 0.29) is 5.78 Å². The number of thiophene rings is 1. The molecule has 0 fully saturated rings. The van der Waals surface area contributed by atoms with Crippen molar-refractivity contribution in [1.82, 2.24) is 4.98 Å². The van der Waals surface area contributed by atoms with Crippen LogP contribution in [0.2, 0.25) is 0 Å². The minimum atomic E-state index is 0.0693. The van der Waals surface area contributed by atoms with Gasteiger partial charge in [-0.1, -0.05) is 0 Å². The Morgan fingerprint density at radius 2 is 1.70 bits per heavy atom. The Bertz CT molecular complexity index is 926. The molecular weight excluding hydrogens is 364 g/mol. The highest BCUT2D eigenvalue weighted by atomic mass is 32.1. The molecule has 2 aromatic heterocycles. The first-order valence-corrected chi connectivity index (χ1v) is 9.01. The summed E-state index contributed by atoms with van der Waals surface area (Å²) >= 11 is 1.46. The molecule has 1 N–H and O–H groups in total. The maximum atomic E-state index is 11.5. The van der Waals surface area contributed by atoms with Crippen LogP contribution in [0.15, 0.2) is 42.6 Å². The highest BCUT2D eigenvalue weighted by Gasteiger charge is 2.13. The molecule has 7 heteroatoms. The predicted octanol–water partition coefficient (Wildman–Crippen LogP) is 4.78. The zero-order valence-electron chi connectivity index (χ0n) is 15.5. The van der Waals surface area contributed by atoms with Crippen molar-refractivity contribution in [1.29, 1.82) is 0 Å². The summed E-state index contributed by atoms with van der Waals surface area (Å²) < 4.78 is 16.1. The van der Waals surface area contributed by atoms with Gasteiger partial charge in [0.25, 0.3) is 0 Å². The molecule has 0 spiro atoms. The van der Waals surface area contributed by atoms with E-state index in [0.29, 0.717) is 23.1 Å². The second-order valence-electron chi connectivity index (χ2n) is 5.69. The number of aromatic nitrogens is 1. The van der Waals surface area contributed by atoms with Gasteiger partial charge < -0.3 is 19.5 Å². The molecule has 6 nitrogen and oxygen atoms in total. The highest BCUT2D eigenvalue weighted by molar-refractivity contribution is 7.17. The highest BCUT2D eigenvalue weighted by Crippen LogP contribution is 2.40. The van der Waals surface area contributed by atoms with Crippen molar-refractivity contribution < 1.29 is 19.0 Å². The number of nitrogens with zero attached hydrogens (tertiary/aromatic N) is 1. The average molecular weight is 384 g/mol. The topological polar surface area (TPSA) is 69.7 Å². The number of hydrogen-bond acceptors (Lipinski definition) is 7. The Morgan fingerprint density at radius 3 is 2.19 bits per heavy atom. The Balaban J connectivity index is 1.83. The van der Waals surface area contributed by atoms with Gasteiger partial charge in [-0.3, -0.25) is 4.79 Å². The van der Waals surface area contributed by atoms with Crippen LogP contribution in [-0.2, 0) is 0 Å². The number of methoxy groups -OCH3 is 3. The van der Waals surface area contributed by atoms with Crippen LogP contribution in [-0.4, -0.2) is 32.1 Å². The van der Waals surface area contributed by atoms with Gasteiger partial charge in [0.1, 0.15) is 5.82 Å². The summed E-state index contributed by atoms with van der Waals surface area (Å²) in [5, 5.41) is 3.23. The lowest BCUT2D eigenvalue weighted by molar-refractivity contribution is 0.102. The number of rotatable bonds is 7. The predicted molar refractivity (Wildman–Crippen MR) is 107 cm³/mol. The molecule has 0 radical (unpaired) electrons. The first kappa shape index (κ1) is 18.7. The zero-order valence-corrected chi connectivity index (χ0v) is 16.3. The fourth-order valence-electron chi connectivity index (χ4n) is 2.60. The van der Waals surface area contributed by atoms with E-state index < -0.39 is 0 Å². The standard InChI is InChI=1S/C20H20N2O4S/c1-12(23)17-6-7-18(27-17)13-5-8-19(21-11-13)22-14-9-15(24-2)20(26-4)16(10-14)25-3/h5-11H,1-4H3,(H,21,22). The molecule has 140 valence electrons. The van der Waals surface area contributed by atoms with Crippen LogP contribution < -0.4 is 19.5 Å². The third-order valence-electron chi connectivity index (χ3n) is 3.94. The van der Waals surface area contributed by atoms with E-state index in [2.05, 4.69) is 10.3 Å². The van der Waals surface area contributed by atoms with Gasteiger partial charge in [-0.2, -0.15) is 0 Å². The maximum absolute atomic E-state index is 11.5. The molecule has 0 aliphatic carbocycles. The molecule has 27 heavy (non-hydrogen) atoms. The van der Waals surface area contributed by atoms with Gasteiger partial charge in [-0.25, -0.2) is 4.98 Å². The molecule has 0 saturated carbocycles. The van der Waals surface area contributed by atoms with Crippen LogP contribution in [0.3, 0.4) is 0 Å². The van der Waals surface area contributed by atoms with Crippen molar-refractivity contribution in [3.63, 3.8) is 0 Å². The summed E-state index contributed by atoms with van der Waals surface area (Å²) in [6.45, 7) is 1.57. The number of carbonyl (C=O) groups excluding carboxylic acids is 1. The number of anilines is 2. The van der Waals surface area contributed by atoms with E-state index >= 15 is 0 Å². The van der Waals surface area contributed by atoms with E-state index in [4.69, 9.17) is 14.2 Å². The van der Waals surface area contributed by atoms with E-state index in [1.807, 2.05) is 36.4 Å². The average Bonchev–Trinajstić information content (AvgIpc) is 3.18. The number of pyridine rings is 1. The summed E-state index contributed by atoms with van der Waals surface area (Å²) in [6.07, 6.45) is 1.77. The Kier molecular flexibility index (Phi) is 5.61. The fourth-order valence-corrected chi connectivity index (χ4v) is 3.49. The number of Topliss-reactive ketones (excluding diaryl/α,β-unsaturated/α-hetero) is 1. The first-order chi connectivity index (χ1) is 13.0. The Morgan fingerprint density at radius 1 is 1.00 bits per heavy atom. The van der Waals surface area contributed by atoms with Crippen molar-refractivity contribution in [3.8, 4) is 27.7 Å². The summed E-state index contributed by atoms with van der Waals surface area (Å²) in [6, 6.07) is 11.2. The van der Waals surface area contributed by atoms with Gasteiger partial charge in [0.2, 0.25) is 5.75 Å². The second-order valence-corrected chi connectivity index (χ2v) is 6.77. The zero-order chi connectivity index (χ0) is 19.4. The summed E-state index contributed by atoms with van der Waals surface area (Å²) in [4.78, 5) is 17.7. The minimum Gasteiger partial charge on any atom is -0.493 e. The van der Waals surface area contributed by atoms with Crippen molar-refractivity contribution in [2.75, 3.05) is 26.6 Å². The molecule has 2 heterocycles. The first-order valence-electron chi connectivity index (χ1n) is 8.20. The number of carbonyl (C=O) groups is 1. The van der Waals surface area contributed by atoms with E-state index in [0.717, 1.165) is 21.0 Å². The van der Waals surface area contributed by atoms with Crippen LogP contribution >= 0.6 is 11.3 Å². The van der Waals surface area contributed by atoms with Crippen molar-refractivity contribution >= 4 is 28.6 Å². The van der Waals surface area contributed by atoms with Crippen LogP contribution in [0.4, 0.5) is 11.5 Å². The number of ketones is 1. The van der Waals surface area contributed by atoms with E-state index in [1.54, 1.807) is 34.4 Å². The maximum Gasteiger partial charge on any atom is 0.203 e. The Hall–Kier alpha value is -3.06. The third-order valence-corrected chi connectivity index (χ3v) is 5.17. The fraction of sp³-hybridized carbons (Fsp3) is 0.200. The lowest BCUT2D eigenvalue weighted by Crippen LogP contribution is -1.98. The lowest BCUT2D eigenvalue weighted by atomic mass is 10.2. The SMILES string of the molecule is COc1cc(Nc2ccc(-c3ccc(C(C)=O)s3)cn2)cc(OC)c1OC. The monoisotopic (exact) mass is 384 g/mol. The quantitative estimate of drug-likeness (QED) is 0.591. The van der Waals surface area contributed by atoms with Crippen LogP contribution in [0, 0.1) is 0 Å². The van der Waals surface area contributed by atoms with Crippen LogP contribution in [0.5, 0.6) is 17.2 Å². The molecule has 3 aromatic rings. The van der Waals surface area contributed by atoms with E-state index in [1.165, 1.54) is 11.3 Å². The molecule has 0 saturated heterocycles. The van der Waals surface area contributed by atoms with Crippen LogP contribution in [0.25, 0.3) is 10.4 Å². The van der Waals surface area contributed by atoms with Crippen LogP contribution in [0.1, 0.15) is 16.6 Å². The number of nitrogens with one attached hydrogen (secondary N) is 1. The molecule has 0 atom stereocenters. The summed E-state index contributed by atoms with van der Waals surface area (Å²) in [5.41, 5.74) is 1.72. The number of benzene rings is 1. The molecule has 0 aliphatic heterocycles. The smallest absolute Gasteiger partial charge is 0.203 e. The number of hydrogen-bond donors (Lipinski definition) is 1. The summed E-state index contributed by atoms with van der Waals surface area (Å²) in [7, 11) is 4.71. The van der Waals surface area contributed by atoms with Crippen molar-refractivity contribution in [2.45, 2.75) is 6.92 Å². The van der Waals surface area contributed by atoms with Gasteiger partial charge in [0.05, 0.1) is 26.2 Å². The van der Waals surface area contributed by atoms with Gasteiger partial charge in [0, 0.05) is 34.5 Å². The van der Waals surface area contributed by atoms with Gasteiger partial charge in [0.15, 0.2) is 17.3 Å². The minimum absolute atomic E-state index is 0.0693. The van der Waals surface area contributed by atoms with Gasteiger partial charge in [-0.15, -0.1) is 11.3 Å². The van der Waals surface area contributed by atoms with Gasteiger partial charge in [-0.05, 0) is 31.2 Å². The lowest BCUT2D eigenvalue weighted by Gasteiger charge is -2.15. The Labute approximate surface area is 161 Å². The molecule has 3 rings (SSSR count). The molecule has 0 aliphatic rings. The molecule has 0 bridgehead atoms. The number of ether oxygens (including phenoxy) is 3. The normalized spacial score (nSPS) is 10.4. The molecule has 0 unspecified atom stereocenters.